The summed E-state index contributed by atoms with van der Waals surface area (Å²) in [6.45, 7) is 0. The third-order valence-corrected chi connectivity index (χ3v) is 2.94. The Morgan fingerprint density at radius 2 is 1.76 bits per heavy atom. The van der Waals surface area contributed by atoms with Crippen LogP contribution in [0, 0.1) is 17.1 Å². The van der Waals surface area contributed by atoms with Crippen molar-refractivity contribution in [3.05, 3.63) is 77.6 Å². The quantitative estimate of drug-likeness (QED) is 0.611. The van der Waals surface area contributed by atoms with E-state index < -0.39 is 0 Å². The van der Waals surface area contributed by atoms with Gasteiger partial charge in [0.1, 0.15) is 11.6 Å². The molecule has 0 aliphatic heterocycles. The van der Waals surface area contributed by atoms with E-state index in [9.17, 15) is 4.39 Å². The van der Waals surface area contributed by atoms with Crippen LogP contribution in [0.15, 0.2) is 60.7 Å². The molecular weight excluding hydrogens is 265 g/mol. The lowest BCUT2D eigenvalue weighted by molar-refractivity contribution is 0.415. The molecule has 0 bridgehead atoms. The summed E-state index contributed by atoms with van der Waals surface area (Å²) in [6, 6.07) is 15.6. The molecule has 0 heterocycles. The fourth-order valence-corrected chi connectivity index (χ4v) is 1.80. The maximum Gasteiger partial charge on any atom is 0.123 e. The van der Waals surface area contributed by atoms with Crippen molar-refractivity contribution in [1.29, 1.82) is 5.26 Å². The van der Waals surface area contributed by atoms with E-state index in [0.29, 0.717) is 11.1 Å². The molecule has 0 spiro atoms. The minimum absolute atomic E-state index is 0.315. The van der Waals surface area contributed by atoms with Gasteiger partial charge in [0, 0.05) is 0 Å². The van der Waals surface area contributed by atoms with Gasteiger partial charge in [-0.1, -0.05) is 36.4 Å². The van der Waals surface area contributed by atoms with Crippen LogP contribution in [0.5, 0.6) is 5.75 Å². The number of hydrogen-bond acceptors (Lipinski definition) is 2. The summed E-state index contributed by atoms with van der Waals surface area (Å²) >= 11 is 0. The van der Waals surface area contributed by atoms with Crippen LogP contribution in [0.3, 0.4) is 0 Å². The second-order valence-electron chi connectivity index (χ2n) is 4.33. The lowest BCUT2D eigenvalue weighted by atomic mass is 10.1. The second-order valence-corrected chi connectivity index (χ2v) is 4.33. The highest BCUT2D eigenvalue weighted by Gasteiger charge is 1.99. The monoisotopic (exact) mass is 279 g/mol. The van der Waals surface area contributed by atoms with Crippen LogP contribution in [-0.2, 0) is 0 Å². The summed E-state index contributed by atoms with van der Waals surface area (Å²) in [5.41, 5.74) is 2.18. The van der Waals surface area contributed by atoms with E-state index in [1.54, 1.807) is 31.4 Å². The first-order valence-corrected chi connectivity index (χ1v) is 6.41. The van der Waals surface area contributed by atoms with Crippen LogP contribution in [-0.4, -0.2) is 7.11 Å². The van der Waals surface area contributed by atoms with Crippen molar-refractivity contribution in [2.24, 2.45) is 0 Å². The van der Waals surface area contributed by atoms with Gasteiger partial charge >= 0.3 is 0 Å². The number of ether oxygens (including phenoxy) is 1. The molecule has 0 aromatic heterocycles. The molecule has 0 aliphatic rings. The summed E-state index contributed by atoms with van der Waals surface area (Å²) in [6.07, 6.45) is 5.39. The predicted molar refractivity (Wildman–Crippen MR) is 82.0 cm³/mol. The van der Waals surface area contributed by atoms with Gasteiger partial charge in [-0.2, -0.15) is 5.26 Å². The van der Waals surface area contributed by atoms with Crippen molar-refractivity contribution in [2.45, 2.75) is 0 Å². The number of rotatable bonds is 4. The van der Waals surface area contributed by atoms with Crippen LogP contribution in [0.25, 0.3) is 11.6 Å². The van der Waals surface area contributed by atoms with E-state index in [1.807, 2.05) is 30.3 Å². The summed E-state index contributed by atoms with van der Waals surface area (Å²) in [5.74, 6) is 0.483. The minimum atomic E-state index is -0.315. The molecule has 104 valence electrons. The maximum atomic E-state index is 12.9. The Balaban J connectivity index is 2.15. The number of nitrogens with zero attached hydrogens (tertiary/aromatic N) is 1. The van der Waals surface area contributed by atoms with Gasteiger partial charge in [-0.15, -0.1) is 0 Å². The molecule has 2 aromatic rings. The van der Waals surface area contributed by atoms with Gasteiger partial charge < -0.3 is 4.74 Å². The molecule has 0 saturated heterocycles. The lowest BCUT2D eigenvalue weighted by Crippen LogP contribution is -1.82. The summed E-state index contributed by atoms with van der Waals surface area (Å²) in [7, 11) is 1.62. The Bertz CT molecular complexity index is 691. The molecule has 2 aromatic carbocycles. The predicted octanol–water partition coefficient (Wildman–Crippen LogP) is 4.45. The molecule has 0 amide bonds. The van der Waals surface area contributed by atoms with Crippen LogP contribution in [0.4, 0.5) is 4.39 Å². The number of benzene rings is 2. The molecule has 0 atom stereocenters. The summed E-state index contributed by atoms with van der Waals surface area (Å²) < 4.78 is 17.9. The third-order valence-electron chi connectivity index (χ3n) is 2.94. The highest BCUT2D eigenvalue weighted by molar-refractivity contribution is 5.78. The van der Waals surface area contributed by atoms with Crippen molar-refractivity contribution in [2.75, 3.05) is 7.11 Å². The van der Waals surface area contributed by atoms with Gasteiger partial charge in [-0.05, 0) is 41.5 Å². The van der Waals surface area contributed by atoms with Gasteiger partial charge in [0.2, 0.25) is 0 Å². The van der Waals surface area contributed by atoms with Crippen LogP contribution >= 0.6 is 0 Å². The highest BCUT2D eigenvalue weighted by Crippen LogP contribution is 2.16. The normalized spacial score (nSPS) is 11.4. The summed E-state index contributed by atoms with van der Waals surface area (Å²) in [4.78, 5) is 0. The molecule has 0 unspecified atom stereocenters. The Labute approximate surface area is 123 Å². The SMILES string of the molecule is COc1ccc(/C=C/C=C(\C#N)c2ccc(F)cc2)cc1. The topological polar surface area (TPSA) is 33.0 Å². The van der Waals surface area contributed by atoms with Crippen LogP contribution in [0.2, 0.25) is 0 Å². The first-order valence-electron chi connectivity index (χ1n) is 6.41. The van der Waals surface area contributed by atoms with E-state index in [-0.39, 0.29) is 5.82 Å². The molecular formula is C18H14FNO. The van der Waals surface area contributed by atoms with E-state index in [2.05, 4.69) is 6.07 Å². The fraction of sp³-hybridized carbons (Fsp3) is 0.0556. The second kappa shape index (κ2) is 7.06. The van der Waals surface area contributed by atoms with Crippen molar-refractivity contribution >= 4 is 11.6 Å². The van der Waals surface area contributed by atoms with Gasteiger partial charge in [-0.25, -0.2) is 4.39 Å². The molecule has 0 saturated carbocycles. The zero-order valence-corrected chi connectivity index (χ0v) is 11.6. The molecule has 2 rings (SSSR count). The van der Waals surface area contributed by atoms with Crippen molar-refractivity contribution in [3.63, 3.8) is 0 Å². The Hall–Kier alpha value is -2.86. The van der Waals surface area contributed by atoms with Gasteiger partial charge in [0.05, 0.1) is 18.8 Å². The Morgan fingerprint density at radius 1 is 1.10 bits per heavy atom. The smallest absolute Gasteiger partial charge is 0.123 e. The van der Waals surface area contributed by atoms with Crippen molar-refractivity contribution in [3.8, 4) is 11.8 Å². The third kappa shape index (κ3) is 4.05. The lowest BCUT2D eigenvalue weighted by Gasteiger charge is -1.99. The molecule has 3 heteroatoms. The number of methoxy groups -OCH3 is 1. The van der Waals surface area contributed by atoms with Crippen LogP contribution in [0.1, 0.15) is 11.1 Å². The first-order chi connectivity index (χ1) is 10.2. The number of nitriles is 1. The maximum absolute atomic E-state index is 12.9. The molecule has 0 N–H and O–H groups in total. The Kier molecular flexibility index (Phi) is 4.89. The average Bonchev–Trinajstić information content (AvgIpc) is 2.53. The first kappa shape index (κ1) is 14.5. The van der Waals surface area contributed by atoms with E-state index >= 15 is 0 Å². The molecule has 21 heavy (non-hydrogen) atoms. The van der Waals surface area contributed by atoms with Gasteiger partial charge in [0.25, 0.3) is 0 Å². The van der Waals surface area contributed by atoms with Gasteiger partial charge in [-0.3, -0.25) is 0 Å². The molecule has 0 aliphatic carbocycles. The fourth-order valence-electron chi connectivity index (χ4n) is 1.80. The Morgan fingerprint density at radius 3 is 2.33 bits per heavy atom. The standard InChI is InChI=1S/C18H14FNO/c1-21-18-11-5-14(6-12-18)3-2-4-16(13-20)15-7-9-17(19)10-8-15/h2-12H,1H3/b3-2+,16-4+. The number of allylic oxidation sites excluding steroid dienone is 3. The van der Waals surface area contributed by atoms with Gasteiger partial charge in [0.15, 0.2) is 0 Å². The van der Waals surface area contributed by atoms with E-state index in [0.717, 1.165) is 11.3 Å². The van der Waals surface area contributed by atoms with E-state index in [1.165, 1.54) is 12.1 Å². The van der Waals surface area contributed by atoms with Crippen molar-refractivity contribution in [1.82, 2.24) is 0 Å². The number of hydrogen-bond donors (Lipinski definition) is 0. The number of halogens is 1. The molecule has 0 fully saturated rings. The summed E-state index contributed by atoms with van der Waals surface area (Å²) in [5, 5.41) is 9.15. The zero-order chi connectivity index (χ0) is 15.1. The zero-order valence-electron chi connectivity index (χ0n) is 11.6. The minimum Gasteiger partial charge on any atom is -0.497 e. The van der Waals surface area contributed by atoms with Crippen LogP contribution < -0.4 is 4.74 Å². The van der Waals surface area contributed by atoms with E-state index in [4.69, 9.17) is 10.00 Å². The van der Waals surface area contributed by atoms with Crippen molar-refractivity contribution < 1.29 is 9.13 Å². The largest absolute Gasteiger partial charge is 0.497 e. The average molecular weight is 279 g/mol. The highest BCUT2D eigenvalue weighted by atomic mass is 19.1. The molecule has 0 radical (unpaired) electrons. The molecule has 2 nitrogen and oxygen atoms in total.